The second-order valence-electron chi connectivity index (χ2n) is 7.54. The molecular weight excluding hydrogens is 272 g/mol. The number of nitrogens with zero attached hydrogens (tertiary/aromatic N) is 1. The summed E-state index contributed by atoms with van der Waals surface area (Å²) in [5, 5.41) is 3.43. The number of rotatable bonds is 1. The molecule has 1 aliphatic carbocycles. The van der Waals surface area contributed by atoms with Crippen molar-refractivity contribution in [1.82, 2.24) is 5.32 Å². The number of hydrogen-bond acceptors (Lipinski definition) is 2. The summed E-state index contributed by atoms with van der Waals surface area (Å²) in [5.41, 5.74) is 5.54. The quantitative estimate of drug-likeness (QED) is 0.864. The van der Waals surface area contributed by atoms with Gasteiger partial charge in [0.1, 0.15) is 0 Å². The van der Waals surface area contributed by atoms with Crippen molar-refractivity contribution in [3.05, 3.63) is 28.8 Å². The second kappa shape index (κ2) is 5.09. The first kappa shape index (κ1) is 14.3. The van der Waals surface area contributed by atoms with Crippen LogP contribution in [0.5, 0.6) is 0 Å². The van der Waals surface area contributed by atoms with Crippen molar-refractivity contribution in [3.63, 3.8) is 0 Å². The van der Waals surface area contributed by atoms with E-state index in [9.17, 15) is 4.79 Å². The van der Waals surface area contributed by atoms with Crippen molar-refractivity contribution in [2.45, 2.75) is 46.0 Å². The minimum Gasteiger partial charge on any atom is -0.317 e. The Kier molecular flexibility index (Phi) is 3.30. The Hall–Kier alpha value is -1.35. The Balaban J connectivity index is 1.61. The molecule has 1 spiro atoms. The third-order valence-corrected chi connectivity index (χ3v) is 6.05. The summed E-state index contributed by atoms with van der Waals surface area (Å²) in [4.78, 5) is 15.2. The molecule has 0 bridgehead atoms. The minimum atomic E-state index is 0.279. The standard InChI is InChI=1S/C19H26N2O/c1-13-10-14(2)15-4-3-9-21(17(15)11-13)18(22)16-12-19(16)5-7-20-8-6-19/h10-11,16,20H,3-9,12H2,1-2H3. The molecule has 1 saturated carbocycles. The zero-order valence-electron chi connectivity index (χ0n) is 13.7. The van der Waals surface area contributed by atoms with Gasteiger partial charge in [-0.25, -0.2) is 0 Å². The SMILES string of the molecule is Cc1cc(C)c2c(c1)N(C(=O)C1CC13CCNCC3)CCC2. The van der Waals surface area contributed by atoms with Crippen LogP contribution in [-0.4, -0.2) is 25.5 Å². The van der Waals surface area contributed by atoms with Crippen LogP contribution >= 0.6 is 0 Å². The molecule has 0 radical (unpaired) electrons. The number of anilines is 1. The van der Waals surface area contributed by atoms with Crippen LogP contribution in [0, 0.1) is 25.2 Å². The Morgan fingerprint density at radius 1 is 1.27 bits per heavy atom. The van der Waals surface area contributed by atoms with E-state index in [2.05, 4.69) is 36.2 Å². The lowest BCUT2D eigenvalue weighted by Crippen LogP contribution is -2.39. The molecule has 3 nitrogen and oxygen atoms in total. The molecule has 1 aromatic carbocycles. The maximum absolute atomic E-state index is 13.1. The number of hydrogen-bond donors (Lipinski definition) is 1. The molecule has 2 aliphatic heterocycles. The van der Waals surface area contributed by atoms with Crippen LogP contribution in [0.25, 0.3) is 0 Å². The van der Waals surface area contributed by atoms with Gasteiger partial charge in [0.05, 0.1) is 0 Å². The Morgan fingerprint density at radius 3 is 2.82 bits per heavy atom. The normalized spacial score (nSPS) is 25.9. The van der Waals surface area contributed by atoms with Crippen molar-refractivity contribution in [2.24, 2.45) is 11.3 Å². The summed E-state index contributed by atoms with van der Waals surface area (Å²) >= 11 is 0. The van der Waals surface area contributed by atoms with Gasteiger partial charge in [-0.2, -0.15) is 0 Å². The van der Waals surface area contributed by atoms with Crippen molar-refractivity contribution >= 4 is 11.6 Å². The maximum atomic E-state index is 13.1. The monoisotopic (exact) mass is 298 g/mol. The molecule has 118 valence electrons. The molecule has 2 fully saturated rings. The molecule has 3 heteroatoms. The highest BCUT2D eigenvalue weighted by atomic mass is 16.2. The molecule has 4 rings (SSSR count). The number of aryl methyl sites for hydroxylation is 2. The van der Waals surface area contributed by atoms with Crippen LogP contribution < -0.4 is 10.2 Å². The van der Waals surface area contributed by atoms with Gasteiger partial charge in [-0.1, -0.05) is 6.07 Å². The lowest BCUT2D eigenvalue weighted by Gasteiger charge is -2.32. The molecular formula is C19H26N2O. The van der Waals surface area contributed by atoms with E-state index < -0.39 is 0 Å². The van der Waals surface area contributed by atoms with Crippen LogP contribution in [-0.2, 0) is 11.2 Å². The average Bonchev–Trinajstić information content (AvgIpc) is 3.20. The van der Waals surface area contributed by atoms with Crippen molar-refractivity contribution < 1.29 is 4.79 Å². The van der Waals surface area contributed by atoms with Gasteiger partial charge in [0.2, 0.25) is 5.91 Å². The van der Waals surface area contributed by atoms with E-state index in [-0.39, 0.29) is 5.92 Å². The molecule has 1 saturated heterocycles. The molecule has 1 aromatic rings. The highest BCUT2D eigenvalue weighted by molar-refractivity contribution is 5.98. The topological polar surface area (TPSA) is 32.3 Å². The van der Waals surface area contributed by atoms with E-state index in [1.54, 1.807) is 0 Å². The van der Waals surface area contributed by atoms with E-state index in [1.807, 2.05) is 0 Å². The highest BCUT2D eigenvalue weighted by Gasteiger charge is 2.58. The summed E-state index contributed by atoms with van der Waals surface area (Å²) in [6.07, 6.45) is 5.69. The summed E-state index contributed by atoms with van der Waals surface area (Å²) in [7, 11) is 0. The first-order valence-electron chi connectivity index (χ1n) is 8.73. The largest absolute Gasteiger partial charge is 0.317 e. The summed E-state index contributed by atoms with van der Waals surface area (Å²) in [5.74, 6) is 0.675. The van der Waals surface area contributed by atoms with E-state index in [0.29, 0.717) is 11.3 Å². The van der Waals surface area contributed by atoms with E-state index >= 15 is 0 Å². The smallest absolute Gasteiger partial charge is 0.230 e. The molecule has 1 N–H and O–H groups in total. The third-order valence-electron chi connectivity index (χ3n) is 6.05. The predicted octanol–water partition coefficient (Wildman–Crippen LogP) is 2.97. The van der Waals surface area contributed by atoms with Gasteiger partial charge in [0.25, 0.3) is 0 Å². The minimum absolute atomic E-state index is 0.279. The lowest BCUT2D eigenvalue weighted by molar-refractivity contribution is -0.120. The average molecular weight is 298 g/mol. The van der Waals surface area contributed by atoms with Crippen molar-refractivity contribution in [1.29, 1.82) is 0 Å². The predicted molar refractivity (Wildman–Crippen MR) is 89.2 cm³/mol. The molecule has 1 unspecified atom stereocenters. The summed E-state index contributed by atoms with van der Waals surface area (Å²) in [6, 6.07) is 4.47. The van der Waals surface area contributed by atoms with Crippen LogP contribution in [0.3, 0.4) is 0 Å². The van der Waals surface area contributed by atoms with Crippen LogP contribution in [0.15, 0.2) is 12.1 Å². The van der Waals surface area contributed by atoms with E-state index in [4.69, 9.17) is 0 Å². The van der Waals surface area contributed by atoms with Gasteiger partial charge in [0, 0.05) is 18.2 Å². The van der Waals surface area contributed by atoms with Gasteiger partial charge in [-0.15, -0.1) is 0 Å². The molecule has 2 heterocycles. The molecule has 22 heavy (non-hydrogen) atoms. The highest BCUT2D eigenvalue weighted by Crippen LogP contribution is 2.59. The number of carbonyl (C=O) groups excluding carboxylic acids is 1. The number of nitrogens with one attached hydrogen (secondary N) is 1. The van der Waals surface area contributed by atoms with E-state index in [0.717, 1.165) is 38.9 Å². The Bertz CT molecular complexity index is 616. The maximum Gasteiger partial charge on any atom is 0.230 e. The van der Waals surface area contributed by atoms with Gasteiger partial charge < -0.3 is 10.2 Å². The van der Waals surface area contributed by atoms with Gasteiger partial charge in [0.15, 0.2) is 0 Å². The fourth-order valence-electron chi connectivity index (χ4n) is 4.67. The van der Waals surface area contributed by atoms with Crippen LogP contribution in [0.4, 0.5) is 5.69 Å². The van der Waals surface area contributed by atoms with Crippen molar-refractivity contribution in [3.8, 4) is 0 Å². The Morgan fingerprint density at radius 2 is 2.05 bits per heavy atom. The molecule has 0 aromatic heterocycles. The number of piperidine rings is 1. The Labute approximate surface area is 133 Å². The number of benzene rings is 1. The zero-order valence-corrected chi connectivity index (χ0v) is 13.7. The van der Waals surface area contributed by atoms with Gasteiger partial charge in [-0.05, 0) is 87.2 Å². The molecule has 1 amide bonds. The molecule has 3 aliphatic rings. The lowest BCUT2D eigenvalue weighted by atomic mass is 9.90. The van der Waals surface area contributed by atoms with Crippen molar-refractivity contribution in [2.75, 3.05) is 24.5 Å². The zero-order chi connectivity index (χ0) is 15.3. The first-order chi connectivity index (χ1) is 10.6. The van der Waals surface area contributed by atoms with Gasteiger partial charge in [-0.3, -0.25) is 4.79 Å². The van der Waals surface area contributed by atoms with Crippen LogP contribution in [0.2, 0.25) is 0 Å². The number of amides is 1. The second-order valence-corrected chi connectivity index (χ2v) is 7.54. The fraction of sp³-hybridized carbons (Fsp3) is 0.632. The number of fused-ring (bicyclic) bond motifs is 1. The first-order valence-corrected chi connectivity index (χ1v) is 8.73. The molecule has 1 atom stereocenters. The number of carbonyl (C=O) groups is 1. The summed E-state index contributed by atoms with van der Waals surface area (Å²) < 4.78 is 0. The third kappa shape index (κ3) is 2.18. The van der Waals surface area contributed by atoms with Crippen LogP contribution in [0.1, 0.15) is 42.4 Å². The van der Waals surface area contributed by atoms with Gasteiger partial charge >= 0.3 is 0 Å². The fourth-order valence-corrected chi connectivity index (χ4v) is 4.67. The van der Waals surface area contributed by atoms with E-state index in [1.165, 1.54) is 35.2 Å². The summed E-state index contributed by atoms with van der Waals surface area (Å²) in [6.45, 7) is 7.39.